The van der Waals surface area contributed by atoms with Crippen LogP contribution in [0.5, 0.6) is 0 Å². The fourth-order valence-electron chi connectivity index (χ4n) is 3.94. The molecule has 2 nitrogen and oxygen atoms in total. The van der Waals surface area contributed by atoms with Gasteiger partial charge in [-0.25, -0.2) is 0 Å². The molecule has 3 atom stereocenters. The van der Waals surface area contributed by atoms with E-state index in [9.17, 15) is 0 Å². The summed E-state index contributed by atoms with van der Waals surface area (Å²) >= 11 is 0. The quantitative estimate of drug-likeness (QED) is 0.810. The second-order valence-electron chi connectivity index (χ2n) is 6.52. The van der Waals surface area contributed by atoms with Crippen molar-refractivity contribution in [3.8, 4) is 0 Å². The summed E-state index contributed by atoms with van der Waals surface area (Å²) in [5.74, 6) is 0.900. The lowest BCUT2D eigenvalue weighted by Crippen LogP contribution is -2.45. The van der Waals surface area contributed by atoms with E-state index in [4.69, 9.17) is 0 Å². The Balaban J connectivity index is 1.92. The van der Waals surface area contributed by atoms with E-state index in [-0.39, 0.29) is 0 Å². The monoisotopic (exact) mass is 238 g/mol. The zero-order valence-corrected chi connectivity index (χ0v) is 12.0. The number of hydrogen-bond acceptors (Lipinski definition) is 2. The first-order valence-electron chi connectivity index (χ1n) is 7.58. The Morgan fingerprint density at radius 1 is 1.29 bits per heavy atom. The average molecular weight is 238 g/mol. The molecule has 0 aromatic rings. The second kappa shape index (κ2) is 5.71. The summed E-state index contributed by atoms with van der Waals surface area (Å²) in [5, 5.41) is 3.56. The number of nitrogens with one attached hydrogen (secondary N) is 1. The molecule has 2 heteroatoms. The van der Waals surface area contributed by atoms with Crippen LogP contribution in [-0.4, -0.2) is 37.6 Å². The Kier molecular flexibility index (Phi) is 4.48. The van der Waals surface area contributed by atoms with Gasteiger partial charge in [0, 0.05) is 19.1 Å². The van der Waals surface area contributed by atoms with Crippen molar-refractivity contribution in [3.05, 3.63) is 0 Å². The van der Waals surface area contributed by atoms with Crippen LogP contribution in [0.15, 0.2) is 0 Å². The topological polar surface area (TPSA) is 15.3 Å². The molecule has 1 aliphatic heterocycles. The van der Waals surface area contributed by atoms with Crippen molar-refractivity contribution in [2.45, 2.75) is 58.4 Å². The van der Waals surface area contributed by atoms with E-state index in [0.717, 1.165) is 12.0 Å². The fourth-order valence-corrected chi connectivity index (χ4v) is 3.94. The summed E-state index contributed by atoms with van der Waals surface area (Å²) in [6, 6.07) is 0.841. The van der Waals surface area contributed by atoms with E-state index >= 15 is 0 Å². The summed E-state index contributed by atoms with van der Waals surface area (Å²) in [4.78, 5) is 2.68. The number of rotatable bonds is 4. The van der Waals surface area contributed by atoms with Gasteiger partial charge in [0.25, 0.3) is 0 Å². The van der Waals surface area contributed by atoms with Gasteiger partial charge in [-0.05, 0) is 50.6 Å². The molecule has 0 spiro atoms. The van der Waals surface area contributed by atoms with Gasteiger partial charge in [0.15, 0.2) is 0 Å². The highest BCUT2D eigenvalue weighted by Crippen LogP contribution is 2.34. The molecule has 0 amide bonds. The summed E-state index contributed by atoms with van der Waals surface area (Å²) in [6.07, 6.45) is 8.44. The fraction of sp³-hybridized carbons (Fsp3) is 1.00. The van der Waals surface area contributed by atoms with Crippen LogP contribution in [0.2, 0.25) is 0 Å². The van der Waals surface area contributed by atoms with Gasteiger partial charge < -0.3 is 10.2 Å². The van der Waals surface area contributed by atoms with Crippen LogP contribution in [0.1, 0.15) is 52.4 Å². The van der Waals surface area contributed by atoms with Gasteiger partial charge in [0.2, 0.25) is 0 Å². The van der Waals surface area contributed by atoms with E-state index in [1.807, 2.05) is 0 Å². The number of nitrogens with zero attached hydrogens (tertiary/aromatic N) is 1. The third kappa shape index (κ3) is 3.03. The van der Waals surface area contributed by atoms with Crippen molar-refractivity contribution in [2.24, 2.45) is 11.3 Å². The van der Waals surface area contributed by atoms with E-state index < -0.39 is 0 Å². The SMILES string of the molecule is CCC1(CN(C)C2CCCCC2C)CCNC1. The highest BCUT2D eigenvalue weighted by atomic mass is 15.1. The molecule has 0 bridgehead atoms. The largest absolute Gasteiger partial charge is 0.316 e. The Bertz CT molecular complexity index is 233. The van der Waals surface area contributed by atoms with Gasteiger partial charge in [-0.1, -0.05) is 26.7 Å². The molecule has 17 heavy (non-hydrogen) atoms. The van der Waals surface area contributed by atoms with Crippen molar-refractivity contribution >= 4 is 0 Å². The van der Waals surface area contributed by atoms with Gasteiger partial charge in [-0.15, -0.1) is 0 Å². The van der Waals surface area contributed by atoms with Gasteiger partial charge in [-0.3, -0.25) is 0 Å². The maximum absolute atomic E-state index is 3.56. The first kappa shape index (κ1) is 13.4. The first-order valence-corrected chi connectivity index (χ1v) is 7.58. The first-order chi connectivity index (χ1) is 8.17. The maximum Gasteiger partial charge on any atom is 0.0118 e. The van der Waals surface area contributed by atoms with Crippen LogP contribution in [0.4, 0.5) is 0 Å². The molecule has 3 unspecified atom stereocenters. The minimum Gasteiger partial charge on any atom is -0.316 e. The molecule has 0 aromatic heterocycles. The molecule has 2 rings (SSSR count). The minimum atomic E-state index is 0.561. The Morgan fingerprint density at radius 3 is 2.65 bits per heavy atom. The van der Waals surface area contributed by atoms with Crippen LogP contribution in [0, 0.1) is 11.3 Å². The molecule has 1 saturated heterocycles. The van der Waals surface area contributed by atoms with Gasteiger partial charge in [-0.2, -0.15) is 0 Å². The third-order valence-corrected chi connectivity index (χ3v) is 5.30. The predicted octanol–water partition coefficient (Wildman–Crippen LogP) is 2.89. The molecule has 0 radical (unpaired) electrons. The molecule has 0 aromatic carbocycles. The van der Waals surface area contributed by atoms with Crippen molar-refractivity contribution in [1.29, 1.82) is 0 Å². The van der Waals surface area contributed by atoms with Crippen LogP contribution in [0.3, 0.4) is 0 Å². The van der Waals surface area contributed by atoms with Crippen LogP contribution in [0.25, 0.3) is 0 Å². The molecular formula is C15H30N2. The zero-order valence-electron chi connectivity index (χ0n) is 12.0. The van der Waals surface area contributed by atoms with Gasteiger partial charge in [0.1, 0.15) is 0 Å². The predicted molar refractivity (Wildman–Crippen MR) is 74.3 cm³/mol. The highest BCUT2D eigenvalue weighted by molar-refractivity contribution is 4.91. The van der Waals surface area contributed by atoms with E-state index in [1.165, 1.54) is 58.2 Å². The molecule has 1 aliphatic carbocycles. The summed E-state index contributed by atoms with van der Waals surface area (Å²) in [7, 11) is 2.36. The van der Waals surface area contributed by atoms with Crippen LogP contribution < -0.4 is 5.32 Å². The highest BCUT2D eigenvalue weighted by Gasteiger charge is 2.35. The molecule has 1 saturated carbocycles. The van der Waals surface area contributed by atoms with Gasteiger partial charge in [0.05, 0.1) is 0 Å². The summed E-state index contributed by atoms with van der Waals surface area (Å²) in [5.41, 5.74) is 0.561. The van der Waals surface area contributed by atoms with Gasteiger partial charge >= 0.3 is 0 Å². The maximum atomic E-state index is 3.56. The molecule has 2 aliphatic rings. The Hall–Kier alpha value is -0.0800. The molecule has 1 heterocycles. The van der Waals surface area contributed by atoms with Crippen molar-refractivity contribution in [2.75, 3.05) is 26.7 Å². The van der Waals surface area contributed by atoms with E-state index in [0.29, 0.717) is 5.41 Å². The van der Waals surface area contributed by atoms with Crippen molar-refractivity contribution in [1.82, 2.24) is 10.2 Å². The molecule has 2 fully saturated rings. The normalized spacial score (nSPS) is 38.8. The lowest BCUT2D eigenvalue weighted by atomic mass is 9.80. The lowest BCUT2D eigenvalue weighted by molar-refractivity contribution is 0.0886. The zero-order chi connectivity index (χ0) is 12.3. The third-order valence-electron chi connectivity index (χ3n) is 5.30. The van der Waals surface area contributed by atoms with Crippen molar-refractivity contribution < 1.29 is 0 Å². The minimum absolute atomic E-state index is 0.561. The Labute approximate surface area is 107 Å². The van der Waals surface area contributed by atoms with E-state index in [1.54, 1.807) is 0 Å². The second-order valence-corrected chi connectivity index (χ2v) is 6.52. The summed E-state index contributed by atoms with van der Waals surface area (Å²) < 4.78 is 0. The molecular weight excluding hydrogens is 208 g/mol. The van der Waals surface area contributed by atoms with Crippen LogP contribution >= 0.6 is 0 Å². The Morgan fingerprint density at radius 2 is 2.06 bits per heavy atom. The van der Waals surface area contributed by atoms with Crippen LogP contribution in [-0.2, 0) is 0 Å². The number of hydrogen-bond donors (Lipinski definition) is 1. The van der Waals surface area contributed by atoms with E-state index in [2.05, 4.69) is 31.1 Å². The van der Waals surface area contributed by atoms with Crippen molar-refractivity contribution in [3.63, 3.8) is 0 Å². The smallest absolute Gasteiger partial charge is 0.0118 e. The summed E-state index contributed by atoms with van der Waals surface area (Å²) in [6.45, 7) is 8.57. The molecule has 1 N–H and O–H groups in total. The standard InChI is InChI=1S/C15H30N2/c1-4-15(9-10-16-11-15)12-17(3)14-8-6-5-7-13(14)2/h13-14,16H,4-12H2,1-3H3. The lowest BCUT2D eigenvalue weighted by Gasteiger charge is -2.41. The molecule has 100 valence electrons. The average Bonchev–Trinajstić information content (AvgIpc) is 2.79.